The van der Waals surface area contributed by atoms with Crippen molar-refractivity contribution in [3.8, 4) is 0 Å². The number of nitrogens with zero attached hydrogens (tertiary/aromatic N) is 2. The van der Waals surface area contributed by atoms with E-state index in [1.165, 1.54) is 27.4 Å². The number of nitrogens with one attached hydrogen (secondary N) is 1. The van der Waals surface area contributed by atoms with Crippen molar-refractivity contribution in [3.05, 3.63) is 28.2 Å². The zero-order chi connectivity index (χ0) is 17.9. The molecule has 1 aromatic rings. The molecule has 2 rings (SSSR count). The van der Waals surface area contributed by atoms with E-state index in [1.54, 1.807) is 0 Å². The Balaban J connectivity index is 2.04. The summed E-state index contributed by atoms with van der Waals surface area (Å²) in [5.41, 5.74) is 4.91. The Morgan fingerprint density at radius 3 is 2.38 bits per heavy atom. The summed E-state index contributed by atoms with van der Waals surface area (Å²) < 4.78 is 26.6. The molecule has 1 aliphatic heterocycles. The quantitative estimate of drug-likeness (QED) is 0.773. The van der Waals surface area contributed by atoms with Crippen LogP contribution in [0.1, 0.15) is 0 Å². The first kappa shape index (κ1) is 18.8. The van der Waals surface area contributed by atoms with Crippen molar-refractivity contribution in [2.75, 3.05) is 32.7 Å². The van der Waals surface area contributed by atoms with E-state index < -0.39 is 16.1 Å². The van der Waals surface area contributed by atoms with Crippen molar-refractivity contribution in [1.82, 2.24) is 14.5 Å². The summed E-state index contributed by atoms with van der Waals surface area (Å²) in [6, 6.07) is 3.44. The summed E-state index contributed by atoms with van der Waals surface area (Å²) >= 11 is 11.8. The molecule has 0 unspecified atom stereocenters. The van der Waals surface area contributed by atoms with Gasteiger partial charge in [-0.3, -0.25) is 4.79 Å². The Hall–Kier alpha value is -1.55. The van der Waals surface area contributed by atoms with Crippen LogP contribution in [0.25, 0.3) is 0 Å². The van der Waals surface area contributed by atoms with E-state index >= 15 is 0 Å². The number of carbonyl (C=O) groups is 2. The molecule has 0 radical (unpaired) electrons. The maximum atomic E-state index is 12.7. The standard InChI is InChI=1S/C13H16Cl2N4O4S/c14-9-1-2-10(15)11(7-9)24(22,23)19-5-3-18(4-6-19)12(20)8-17-13(16)21/h1-2,7H,3-6,8H2,(H3,16,17,21). The van der Waals surface area contributed by atoms with Gasteiger partial charge in [0.1, 0.15) is 4.90 Å². The number of carbonyl (C=O) groups excluding carboxylic acids is 2. The van der Waals surface area contributed by atoms with Crippen molar-refractivity contribution in [3.63, 3.8) is 0 Å². The number of benzene rings is 1. The van der Waals surface area contributed by atoms with Gasteiger partial charge in [-0.15, -0.1) is 0 Å². The van der Waals surface area contributed by atoms with Gasteiger partial charge in [0.25, 0.3) is 0 Å². The lowest BCUT2D eigenvalue weighted by atomic mass is 10.3. The van der Waals surface area contributed by atoms with Crippen LogP contribution >= 0.6 is 23.2 Å². The van der Waals surface area contributed by atoms with E-state index in [2.05, 4.69) is 5.32 Å². The number of nitrogens with two attached hydrogens (primary N) is 1. The average molecular weight is 395 g/mol. The third-order valence-corrected chi connectivity index (χ3v) is 6.13. The molecule has 24 heavy (non-hydrogen) atoms. The number of piperazine rings is 1. The van der Waals surface area contributed by atoms with Crippen LogP contribution in [-0.2, 0) is 14.8 Å². The fraction of sp³-hybridized carbons (Fsp3) is 0.385. The number of hydrogen-bond donors (Lipinski definition) is 2. The summed E-state index contributed by atoms with van der Waals surface area (Å²) in [7, 11) is -3.80. The third kappa shape index (κ3) is 4.29. The van der Waals surface area contributed by atoms with Crippen LogP contribution in [0.4, 0.5) is 4.79 Å². The van der Waals surface area contributed by atoms with Gasteiger partial charge in [0.2, 0.25) is 15.9 Å². The topological polar surface area (TPSA) is 113 Å². The Morgan fingerprint density at radius 2 is 1.79 bits per heavy atom. The second kappa shape index (κ2) is 7.56. The first-order chi connectivity index (χ1) is 11.2. The smallest absolute Gasteiger partial charge is 0.312 e. The monoisotopic (exact) mass is 394 g/mol. The van der Waals surface area contributed by atoms with Gasteiger partial charge in [0, 0.05) is 31.2 Å². The number of sulfonamides is 1. The van der Waals surface area contributed by atoms with Crippen LogP contribution < -0.4 is 11.1 Å². The molecule has 8 nitrogen and oxygen atoms in total. The van der Waals surface area contributed by atoms with Crippen molar-refractivity contribution in [2.45, 2.75) is 4.90 Å². The fourth-order valence-electron chi connectivity index (χ4n) is 2.27. The van der Waals surface area contributed by atoms with Crippen molar-refractivity contribution in [1.29, 1.82) is 0 Å². The lowest BCUT2D eigenvalue weighted by molar-refractivity contribution is -0.131. The molecule has 1 heterocycles. The zero-order valence-corrected chi connectivity index (χ0v) is 14.9. The summed E-state index contributed by atoms with van der Waals surface area (Å²) in [6.45, 7) is 0.427. The molecule has 1 aromatic carbocycles. The molecule has 0 aromatic heterocycles. The highest BCUT2D eigenvalue weighted by Crippen LogP contribution is 2.28. The van der Waals surface area contributed by atoms with Gasteiger partial charge >= 0.3 is 6.03 Å². The molecule has 3 amide bonds. The maximum Gasteiger partial charge on any atom is 0.312 e. The molecule has 0 atom stereocenters. The second-order valence-electron chi connectivity index (χ2n) is 5.08. The molecule has 1 fully saturated rings. The normalized spacial score (nSPS) is 16.0. The van der Waals surface area contributed by atoms with Gasteiger partial charge in [-0.05, 0) is 18.2 Å². The second-order valence-corrected chi connectivity index (χ2v) is 7.83. The average Bonchev–Trinajstić information content (AvgIpc) is 2.54. The first-order valence-corrected chi connectivity index (χ1v) is 9.17. The van der Waals surface area contributed by atoms with E-state index in [0.717, 1.165) is 0 Å². The molecule has 0 saturated carbocycles. The van der Waals surface area contributed by atoms with Crippen LogP contribution in [-0.4, -0.2) is 62.3 Å². The number of hydrogen-bond acceptors (Lipinski definition) is 4. The van der Waals surface area contributed by atoms with Crippen LogP contribution in [0.2, 0.25) is 10.0 Å². The summed E-state index contributed by atoms with van der Waals surface area (Å²) in [5.74, 6) is -0.327. The van der Waals surface area contributed by atoms with Crippen LogP contribution in [0.15, 0.2) is 23.1 Å². The SMILES string of the molecule is NC(=O)NCC(=O)N1CCN(S(=O)(=O)c2cc(Cl)ccc2Cl)CC1. The lowest BCUT2D eigenvalue weighted by Crippen LogP contribution is -2.52. The fourth-order valence-corrected chi connectivity index (χ4v) is 4.43. The molecule has 1 aliphatic rings. The molecule has 3 N–H and O–H groups in total. The number of halogens is 2. The summed E-state index contributed by atoms with van der Waals surface area (Å²) in [4.78, 5) is 23.9. The minimum atomic E-state index is -3.80. The minimum Gasteiger partial charge on any atom is -0.352 e. The number of urea groups is 1. The zero-order valence-electron chi connectivity index (χ0n) is 12.5. The highest BCUT2D eigenvalue weighted by Gasteiger charge is 2.31. The van der Waals surface area contributed by atoms with Crippen LogP contribution in [0.3, 0.4) is 0 Å². The Kier molecular flexibility index (Phi) is 5.92. The lowest BCUT2D eigenvalue weighted by Gasteiger charge is -2.34. The van der Waals surface area contributed by atoms with Crippen molar-refractivity contribution >= 4 is 45.2 Å². The predicted molar refractivity (Wildman–Crippen MR) is 89.4 cm³/mol. The van der Waals surface area contributed by atoms with Crippen molar-refractivity contribution < 1.29 is 18.0 Å². The predicted octanol–water partition coefficient (Wildman–Crippen LogP) is 0.495. The minimum absolute atomic E-state index is 0.0631. The van der Waals surface area contributed by atoms with Gasteiger partial charge in [0.15, 0.2) is 0 Å². The molecule has 0 aliphatic carbocycles. The van der Waals surface area contributed by atoms with E-state index in [-0.39, 0.29) is 53.6 Å². The Labute approximate surface area is 149 Å². The maximum absolute atomic E-state index is 12.7. The number of primary amides is 1. The van der Waals surface area contributed by atoms with Crippen molar-refractivity contribution in [2.24, 2.45) is 5.73 Å². The van der Waals surface area contributed by atoms with Gasteiger partial charge in [0.05, 0.1) is 11.6 Å². The Morgan fingerprint density at radius 1 is 1.17 bits per heavy atom. The van der Waals surface area contributed by atoms with Crippen LogP contribution in [0, 0.1) is 0 Å². The van der Waals surface area contributed by atoms with E-state index in [0.29, 0.717) is 0 Å². The summed E-state index contributed by atoms with van der Waals surface area (Å²) in [6.07, 6.45) is 0. The van der Waals surface area contributed by atoms with Gasteiger partial charge in [-0.2, -0.15) is 4.31 Å². The molecule has 0 bridgehead atoms. The number of amides is 3. The van der Waals surface area contributed by atoms with E-state index in [4.69, 9.17) is 28.9 Å². The highest BCUT2D eigenvalue weighted by atomic mass is 35.5. The Bertz CT molecular complexity index is 748. The first-order valence-electron chi connectivity index (χ1n) is 6.98. The molecule has 1 saturated heterocycles. The van der Waals surface area contributed by atoms with Gasteiger partial charge in [-0.1, -0.05) is 23.2 Å². The van der Waals surface area contributed by atoms with Gasteiger partial charge < -0.3 is 16.0 Å². The molecular weight excluding hydrogens is 379 g/mol. The highest BCUT2D eigenvalue weighted by molar-refractivity contribution is 7.89. The van der Waals surface area contributed by atoms with E-state index in [9.17, 15) is 18.0 Å². The molecule has 11 heteroatoms. The third-order valence-electron chi connectivity index (χ3n) is 3.52. The molecule has 0 spiro atoms. The van der Waals surface area contributed by atoms with Crippen LogP contribution in [0.5, 0.6) is 0 Å². The largest absolute Gasteiger partial charge is 0.352 e. The summed E-state index contributed by atoms with van der Waals surface area (Å²) in [5, 5.41) is 2.56. The van der Waals surface area contributed by atoms with Gasteiger partial charge in [-0.25, -0.2) is 13.2 Å². The number of rotatable bonds is 4. The van der Waals surface area contributed by atoms with E-state index in [1.807, 2.05) is 0 Å². The molecule has 132 valence electrons. The molecular formula is C13H16Cl2N4O4S.